The van der Waals surface area contributed by atoms with Gasteiger partial charge < -0.3 is 20.7 Å². The predicted octanol–water partition coefficient (Wildman–Crippen LogP) is 3.36. The Morgan fingerprint density at radius 1 is 1.24 bits per heavy atom. The summed E-state index contributed by atoms with van der Waals surface area (Å²) >= 11 is 1.57. The Morgan fingerprint density at radius 3 is 2.79 bits per heavy atom. The number of pyridine rings is 1. The largest absolute Gasteiger partial charge is 0.492 e. The highest BCUT2D eigenvalue weighted by Gasteiger charge is 2.09. The second-order valence-electron chi connectivity index (χ2n) is 6.50. The average molecular weight is 412 g/mol. The summed E-state index contributed by atoms with van der Waals surface area (Å²) in [6, 6.07) is 13.6. The fourth-order valence-corrected chi connectivity index (χ4v) is 3.42. The van der Waals surface area contributed by atoms with Crippen molar-refractivity contribution in [3.8, 4) is 16.2 Å². The van der Waals surface area contributed by atoms with E-state index in [1.165, 1.54) is 0 Å². The lowest BCUT2D eigenvalue weighted by Gasteiger charge is -2.12. The zero-order valence-corrected chi connectivity index (χ0v) is 17.5. The molecule has 3 N–H and O–H groups in total. The number of amides is 1. The van der Waals surface area contributed by atoms with Crippen molar-refractivity contribution in [3.05, 3.63) is 54.4 Å². The van der Waals surface area contributed by atoms with Gasteiger partial charge in [-0.1, -0.05) is 41.7 Å². The van der Waals surface area contributed by atoms with Gasteiger partial charge in [0.05, 0.1) is 17.5 Å². The highest BCUT2D eigenvalue weighted by atomic mass is 32.1. The fraction of sp³-hybridized carbons (Fsp3) is 0.286. The Balaban J connectivity index is 1.58. The lowest BCUT2D eigenvalue weighted by atomic mass is 10.2. The number of rotatable bonds is 9. The highest BCUT2D eigenvalue weighted by molar-refractivity contribution is 7.18. The SMILES string of the molecule is CN[C@@H](C)C(=O)NCCOc1cc(C)nc(Nc2ncc(-c3ccccc3)s2)c1. The van der Waals surface area contributed by atoms with Gasteiger partial charge in [0.1, 0.15) is 18.2 Å². The summed E-state index contributed by atoms with van der Waals surface area (Å²) in [5, 5.41) is 9.73. The van der Waals surface area contributed by atoms with E-state index in [4.69, 9.17) is 4.74 Å². The minimum absolute atomic E-state index is 0.0534. The van der Waals surface area contributed by atoms with Gasteiger partial charge in [-0.15, -0.1) is 0 Å². The minimum atomic E-state index is -0.229. The lowest BCUT2D eigenvalue weighted by molar-refractivity contribution is -0.122. The van der Waals surface area contributed by atoms with Crippen LogP contribution in [0.3, 0.4) is 0 Å². The smallest absolute Gasteiger partial charge is 0.236 e. The minimum Gasteiger partial charge on any atom is -0.492 e. The van der Waals surface area contributed by atoms with E-state index in [1.807, 2.05) is 50.4 Å². The van der Waals surface area contributed by atoms with Crippen LogP contribution in [-0.2, 0) is 4.79 Å². The number of carbonyl (C=O) groups excluding carboxylic acids is 1. The van der Waals surface area contributed by atoms with Gasteiger partial charge in [0.2, 0.25) is 5.91 Å². The maximum Gasteiger partial charge on any atom is 0.236 e. The number of aryl methyl sites for hydroxylation is 1. The van der Waals surface area contributed by atoms with Crippen molar-refractivity contribution in [2.45, 2.75) is 19.9 Å². The highest BCUT2D eigenvalue weighted by Crippen LogP contribution is 2.30. The van der Waals surface area contributed by atoms with Gasteiger partial charge in [0, 0.05) is 24.0 Å². The van der Waals surface area contributed by atoms with E-state index in [-0.39, 0.29) is 11.9 Å². The molecule has 7 nitrogen and oxygen atoms in total. The van der Waals surface area contributed by atoms with Gasteiger partial charge >= 0.3 is 0 Å². The Labute approximate surface area is 174 Å². The summed E-state index contributed by atoms with van der Waals surface area (Å²) in [6.45, 7) is 4.52. The molecule has 0 fully saturated rings. The Hall–Kier alpha value is -2.97. The van der Waals surface area contributed by atoms with Crippen LogP contribution in [0, 0.1) is 6.92 Å². The molecule has 0 aliphatic rings. The van der Waals surface area contributed by atoms with E-state index >= 15 is 0 Å². The molecule has 29 heavy (non-hydrogen) atoms. The summed E-state index contributed by atoms with van der Waals surface area (Å²) in [5.41, 5.74) is 1.96. The predicted molar refractivity (Wildman–Crippen MR) is 117 cm³/mol. The van der Waals surface area contributed by atoms with Gasteiger partial charge in [-0.2, -0.15) is 0 Å². The molecular weight excluding hydrogens is 386 g/mol. The quantitative estimate of drug-likeness (QED) is 0.468. The van der Waals surface area contributed by atoms with E-state index in [1.54, 1.807) is 18.4 Å². The van der Waals surface area contributed by atoms with Crippen LogP contribution in [0.5, 0.6) is 5.75 Å². The summed E-state index contributed by atoms with van der Waals surface area (Å²) in [5.74, 6) is 1.31. The third-order valence-electron chi connectivity index (χ3n) is 4.22. The van der Waals surface area contributed by atoms with Gasteiger partial charge in [-0.05, 0) is 26.5 Å². The standard InChI is InChI=1S/C21H25N5O2S/c1-14-11-17(28-10-9-23-20(27)15(2)22-3)12-19(25-14)26-21-24-13-18(29-21)16-7-5-4-6-8-16/h4-8,11-13,15,22H,9-10H2,1-3H3,(H,23,27)(H,24,25,26)/t15-/m0/s1. The third-order valence-corrected chi connectivity index (χ3v) is 5.18. The van der Waals surface area contributed by atoms with Crippen molar-refractivity contribution in [3.63, 3.8) is 0 Å². The second-order valence-corrected chi connectivity index (χ2v) is 7.53. The number of thiazole rings is 1. The summed E-state index contributed by atoms with van der Waals surface area (Å²) in [4.78, 5) is 21.8. The number of benzene rings is 1. The molecule has 1 aromatic carbocycles. The molecular formula is C21H25N5O2S. The summed E-state index contributed by atoms with van der Waals surface area (Å²) in [6.07, 6.45) is 1.85. The van der Waals surface area contributed by atoms with Crippen LogP contribution in [0.1, 0.15) is 12.6 Å². The van der Waals surface area contributed by atoms with Crippen LogP contribution in [-0.4, -0.2) is 42.1 Å². The Bertz CT molecular complexity index is 945. The molecule has 3 rings (SSSR count). The van der Waals surface area contributed by atoms with Crippen LogP contribution in [0.2, 0.25) is 0 Å². The van der Waals surface area contributed by atoms with E-state index in [9.17, 15) is 4.79 Å². The van der Waals surface area contributed by atoms with Crippen LogP contribution in [0.4, 0.5) is 10.9 Å². The van der Waals surface area contributed by atoms with Gasteiger partial charge in [0.25, 0.3) is 0 Å². The van der Waals surface area contributed by atoms with E-state index < -0.39 is 0 Å². The van der Waals surface area contributed by atoms with Crippen LogP contribution in [0.15, 0.2) is 48.7 Å². The normalized spacial score (nSPS) is 11.7. The first-order chi connectivity index (χ1) is 14.0. The lowest BCUT2D eigenvalue weighted by Crippen LogP contribution is -2.41. The number of aromatic nitrogens is 2. The molecule has 8 heteroatoms. The number of carbonyl (C=O) groups is 1. The molecule has 3 aromatic rings. The molecule has 152 valence electrons. The second kappa shape index (κ2) is 9.99. The third kappa shape index (κ3) is 6.00. The molecule has 0 aliphatic carbocycles. The molecule has 0 spiro atoms. The number of nitrogens with one attached hydrogen (secondary N) is 3. The molecule has 0 saturated heterocycles. The molecule has 0 bridgehead atoms. The van der Waals surface area contributed by atoms with Crippen molar-refractivity contribution in [2.75, 3.05) is 25.5 Å². The monoisotopic (exact) mass is 411 g/mol. The van der Waals surface area contributed by atoms with Gasteiger partial charge in [-0.3, -0.25) is 4.79 Å². The fourth-order valence-electron chi connectivity index (χ4n) is 2.59. The zero-order valence-electron chi connectivity index (χ0n) is 16.7. The van der Waals surface area contributed by atoms with Crippen LogP contribution < -0.4 is 20.7 Å². The molecule has 0 radical (unpaired) electrons. The summed E-state index contributed by atoms with van der Waals surface area (Å²) < 4.78 is 5.77. The van der Waals surface area contributed by atoms with E-state index in [2.05, 4.69) is 38.1 Å². The number of anilines is 2. The van der Waals surface area contributed by atoms with E-state index in [0.717, 1.165) is 21.3 Å². The maximum atomic E-state index is 11.7. The maximum absolute atomic E-state index is 11.7. The summed E-state index contributed by atoms with van der Waals surface area (Å²) in [7, 11) is 1.75. The van der Waals surface area contributed by atoms with Crippen molar-refractivity contribution in [1.82, 2.24) is 20.6 Å². The number of hydrogen-bond acceptors (Lipinski definition) is 7. The first kappa shape index (κ1) is 20.8. The van der Waals surface area contributed by atoms with Crippen molar-refractivity contribution in [2.24, 2.45) is 0 Å². The van der Waals surface area contributed by atoms with Crippen molar-refractivity contribution in [1.29, 1.82) is 0 Å². The molecule has 2 heterocycles. The zero-order chi connectivity index (χ0) is 20.6. The first-order valence-electron chi connectivity index (χ1n) is 9.40. The van der Waals surface area contributed by atoms with Crippen LogP contribution in [0.25, 0.3) is 10.4 Å². The van der Waals surface area contributed by atoms with Crippen LogP contribution >= 0.6 is 11.3 Å². The van der Waals surface area contributed by atoms with E-state index in [0.29, 0.717) is 24.7 Å². The molecule has 0 saturated carbocycles. The Kier molecular flexibility index (Phi) is 7.15. The first-order valence-corrected chi connectivity index (χ1v) is 10.2. The number of likely N-dealkylation sites (N-methyl/N-ethyl adjacent to an activating group) is 1. The topological polar surface area (TPSA) is 88.2 Å². The molecule has 0 unspecified atom stereocenters. The molecule has 0 aliphatic heterocycles. The molecule has 2 aromatic heterocycles. The van der Waals surface area contributed by atoms with Crippen molar-refractivity contribution >= 4 is 28.2 Å². The van der Waals surface area contributed by atoms with Gasteiger partial charge in [-0.25, -0.2) is 9.97 Å². The average Bonchev–Trinajstić information content (AvgIpc) is 3.19. The Morgan fingerprint density at radius 2 is 2.03 bits per heavy atom. The number of ether oxygens (including phenoxy) is 1. The molecule has 1 amide bonds. The number of hydrogen-bond donors (Lipinski definition) is 3. The number of nitrogens with zero attached hydrogens (tertiary/aromatic N) is 2. The van der Waals surface area contributed by atoms with Gasteiger partial charge in [0.15, 0.2) is 5.13 Å². The van der Waals surface area contributed by atoms with Crippen molar-refractivity contribution < 1.29 is 9.53 Å². The molecule has 1 atom stereocenters.